The van der Waals surface area contributed by atoms with Crippen LogP contribution in [0.5, 0.6) is 0 Å². The van der Waals surface area contributed by atoms with E-state index in [1.54, 1.807) is 71.7 Å². The molecule has 0 atom stereocenters. The fraction of sp³-hybridized carbons (Fsp3) is 0.0400. The lowest BCUT2D eigenvalue weighted by molar-refractivity contribution is 0.102. The van der Waals surface area contributed by atoms with E-state index >= 15 is 0 Å². The van der Waals surface area contributed by atoms with Crippen molar-refractivity contribution in [1.29, 1.82) is 5.41 Å². The smallest absolute Gasteiger partial charge is 0.256 e. The zero-order valence-electron chi connectivity index (χ0n) is 18.9. The number of pyridine rings is 1. The molecule has 3 N–H and O–H groups in total. The highest BCUT2D eigenvalue weighted by Gasteiger charge is 2.16. The third kappa shape index (κ3) is 4.91. The number of benzene rings is 1. The number of hydrogen-bond donors (Lipinski definition) is 3. The van der Waals surface area contributed by atoms with Gasteiger partial charge in [0, 0.05) is 23.5 Å². The van der Waals surface area contributed by atoms with Gasteiger partial charge in [-0.05, 0) is 66.9 Å². The molecule has 0 saturated heterocycles. The van der Waals surface area contributed by atoms with Crippen LogP contribution in [0.3, 0.4) is 0 Å². The minimum atomic E-state index is -0.344. The van der Waals surface area contributed by atoms with Crippen LogP contribution in [0.2, 0.25) is 0 Å². The lowest BCUT2D eigenvalue weighted by atomic mass is 10.1. The van der Waals surface area contributed by atoms with Crippen LogP contribution in [0, 0.1) is 11.2 Å². The Morgan fingerprint density at radius 2 is 1.89 bits per heavy atom. The van der Waals surface area contributed by atoms with Crippen molar-refractivity contribution >= 4 is 40.3 Å². The summed E-state index contributed by atoms with van der Waals surface area (Å²) in [7, 11) is 0. The highest BCUT2D eigenvalue weighted by molar-refractivity contribution is 8.13. The SMILES string of the molecule is CSC(=N)/C=C\c1nc(-c2ccc(F)cc2)c(-c2ccc3nc(NC(=O)c4ccncc4)cn3n2)[nH]1. The van der Waals surface area contributed by atoms with Crippen molar-refractivity contribution in [2.24, 2.45) is 0 Å². The van der Waals surface area contributed by atoms with Gasteiger partial charge in [-0.2, -0.15) is 5.10 Å². The Morgan fingerprint density at radius 3 is 2.64 bits per heavy atom. The van der Waals surface area contributed by atoms with Crippen molar-refractivity contribution in [2.75, 3.05) is 11.6 Å². The molecule has 0 aliphatic carbocycles. The summed E-state index contributed by atoms with van der Waals surface area (Å²) < 4.78 is 15.1. The number of imidazole rings is 2. The molecule has 1 amide bonds. The molecule has 4 aromatic heterocycles. The van der Waals surface area contributed by atoms with Crippen LogP contribution in [0.25, 0.3) is 34.4 Å². The van der Waals surface area contributed by atoms with E-state index in [9.17, 15) is 9.18 Å². The van der Waals surface area contributed by atoms with Gasteiger partial charge in [-0.1, -0.05) is 0 Å². The van der Waals surface area contributed by atoms with Gasteiger partial charge >= 0.3 is 0 Å². The molecule has 1 aromatic carbocycles. The van der Waals surface area contributed by atoms with Gasteiger partial charge in [0.25, 0.3) is 5.91 Å². The van der Waals surface area contributed by atoms with E-state index in [0.717, 1.165) is 0 Å². The van der Waals surface area contributed by atoms with Gasteiger partial charge in [0.1, 0.15) is 17.3 Å². The first-order chi connectivity index (χ1) is 17.5. The molecule has 0 unspecified atom stereocenters. The van der Waals surface area contributed by atoms with Crippen LogP contribution in [0.15, 0.2) is 73.2 Å². The average molecular weight is 499 g/mol. The highest BCUT2D eigenvalue weighted by Crippen LogP contribution is 2.30. The Morgan fingerprint density at radius 1 is 1.11 bits per heavy atom. The number of aromatic amines is 1. The summed E-state index contributed by atoms with van der Waals surface area (Å²) in [4.78, 5) is 28.7. The van der Waals surface area contributed by atoms with Crippen LogP contribution < -0.4 is 5.32 Å². The summed E-state index contributed by atoms with van der Waals surface area (Å²) in [5.41, 5.74) is 3.49. The van der Waals surface area contributed by atoms with E-state index in [-0.39, 0.29) is 11.7 Å². The molecule has 0 bridgehead atoms. The van der Waals surface area contributed by atoms with Crippen molar-refractivity contribution in [1.82, 2.24) is 29.5 Å². The Bertz CT molecular complexity index is 1590. The molecule has 0 saturated carbocycles. The van der Waals surface area contributed by atoms with Crippen LogP contribution in [-0.2, 0) is 0 Å². The molecule has 0 fully saturated rings. The molecule has 9 nitrogen and oxygen atoms in total. The average Bonchev–Trinajstić information content (AvgIpc) is 3.51. The zero-order valence-corrected chi connectivity index (χ0v) is 19.8. The second-order valence-corrected chi connectivity index (χ2v) is 8.44. The lowest BCUT2D eigenvalue weighted by Crippen LogP contribution is -2.11. The van der Waals surface area contributed by atoms with Crippen molar-refractivity contribution in [3.05, 3.63) is 90.4 Å². The van der Waals surface area contributed by atoms with Gasteiger partial charge in [-0.3, -0.25) is 15.2 Å². The molecule has 5 rings (SSSR count). The largest absolute Gasteiger partial charge is 0.337 e. The van der Waals surface area contributed by atoms with Crippen molar-refractivity contribution < 1.29 is 9.18 Å². The summed E-state index contributed by atoms with van der Waals surface area (Å²) in [5, 5.41) is 15.6. The number of hydrogen-bond acceptors (Lipinski definition) is 7. The number of nitrogens with one attached hydrogen (secondary N) is 3. The second kappa shape index (κ2) is 9.92. The molecule has 0 aliphatic rings. The number of H-pyrrole nitrogens is 1. The summed E-state index contributed by atoms with van der Waals surface area (Å²) in [5.74, 6) is 0.231. The van der Waals surface area contributed by atoms with Gasteiger partial charge in [-0.25, -0.2) is 18.9 Å². The van der Waals surface area contributed by atoms with E-state index in [1.165, 1.54) is 23.9 Å². The van der Waals surface area contributed by atoms with E-state index in [1.807, 2.05) is 6.26 Å². The van der Waals surface area contributed by atoms with Gasteiger partial charge in [-0.15, -0.1) is 11.8 Å². The molecule has 0 spiro atoms. The maximum absolute atomic E-state index is 13.5. The molecule has 36 heavy (non-hydrogen) atoms. The molecular formula is C25H19FN8OS. The number of carbonyl (C=O) groups is 1. The first kappa shape index (κ1) is 23.1. The summed E-state index contributed by atoms with van der Waals surface area (Å²) in [6.07, 6.45) is 9.88. The molecule has 4 heterocycles. The number of anilines is 1. The Hall–Kier alpha value is -4.64. The molecule has 178 valence electrons. The number of amides is 1. The molecule has 5 aromatic rings. The Balaban J connectivity index is 1.51. The number of aromatic nitrogens is 6. The number of fused-ring (bicyclic) bond motifs is 1. The van der Waals surface area contributed by atoms with Gasteiger partial charge in [0.15, 0.2) is 11.5 Å². The van der Waals surface area contributed by atoms with Crippen molar-refractivity contribution in [3.8, 4) is 22.6 Å². The van der Waals surface area contributed by atoms with Crippen LogP contribution in [0.1, 0.15) is 16.2 Å². The first-order valence-corrected chi connectivity index (χ1v) is 12.0. The minimum Gasteiger partial charge on any atom is -0.337 e. The fourth-order valence-corrected chi connectivity index (χ4v) is 3.67. The highest BCUT2D eigenvalue weighted by atomic mass is 32.2. The van der Waals surface area contributed by atoms with Crippen LogP contribution in [0.4, 0.5) is 10.2 Å². The lowest BCUT2D eigenvalue weighted by Gasteiger charge is -2.03. The third-order valence-corrected chi connectivity index (χ3v) is 5.79. The molecule has 0 radical (unpaired) electrons. The normalized spacial score (nSPS) is 11.3. The third-order valence-electron chi connectivity index (χ3n) is 5.21. The maximum atomic E-state index is 13.5. The van der Waals surface area contributed by atoms with E-state index in [0.29, 0.717) is 50.5 Å². The standard InChI is InChI=1S/C25H19FN8OS/c1-36-19(27)7-8-20-30-23(15-2-4-17(26)5-3-15)24(31-20)18-6-9-22-29-21(14-34(22)33-18)32-25(35)16-10-12-28-13-11-16/h2-14,27H,1H3,(H,30,31)(H,32,35)/b8-7-,27-19?. The van der Waals surface area contributed by atoms with Crippen molar-refractivity contribution in [3.63, 3.8) is 0 Å². The minimum absolute atomic E-state index is 0.305. The summed E-state index contributed by atoms with van der Waals surface area (Å²) in [6.45, 7) is 0. The predicted octanol–water partition coefficient (Wildman–Crippen LogP) is 4.93. The second-order valence-electron chi connectivity index (χ2n) is 7.59. The van der Waals surface area contributed by atoms with Crippen LogP contribution >= 0.6 is 11.8 Å². The fourth-order valence-electron chi connectivity index (χ4n) is 3.46. The monoisotopic (exact) mass is 498 g/mol. The maximum Gasteiger partial charge on any atom is 0.256 e. The Kier molecular flexibility index (Phi) is 6.37. The van der Waals surface area contributed by atoms with Gasteiger partial charge in [0.2, 0.25) is 0 Å². The number of nitrogens with zero attached hydrogens (tertiary/aromatic N) is 5. The number of thioether (sulfide) groups is 1. The van der Waals surface area contributed by atoms with E-state index in [2.05, 4.69) is 30.4 Å². The zero-order chi connectivity index (χ0) is 25.1. The van der Waals surface area contributed by atoms with E-state index < -0.39 is 0 Å². The Labute approximate surface area is 209 Å². The van der Waals surface area contributed by atoms with Gasteiger partial charge < -0.3 is 10.3 Å². The quantitative estimate of drug-likeness (QED) is 0.225. The summed E-state index contributed by atoms with van der Waals surface area (Å²) >= 11 is 1.31. The number of halogens is 1. The number of rotatable bonds is 6. The molecule has 11 heteroatoms. The van der Waals surface area contributed by atoms with Gasteiger partial charge in [0.05, 0.1) is 22.6 Å². The molecule has 0 aliphatic heterocycles. The first-order valence-electron chi connectivity index (χ1n) is 10.7. The number of carbonyl (C=O) groups excluding carboxylic acids is 1. The topological polar surface area (TPSA) is 125 Å². The van der Waals surface area contributed by atoms with Crippen LogP contribution in [-0.4, -0.2) is 46.8 Å². The summed E-state index contributed by atoms with van der Waals surface area (Å²) in [6, 6.07) is 12.8. The van der Waals surface area contributed by atoms with Crippen molar-refractivity contribution in [2.45, 2.75) is 0 Å². The molecular weight excluding hydrogens is 479 g/mol. The predicted molar refractivity (Wildman–Crippen MR) is 138 cm³/mol. The van der Waals surface area contributed by atoms with E-state index in [4.69, 9.17) is 5.41 Å².